The highest BCUT2D eigenvalue weighted by molar-refractivity contribution is 5.81. The summed E-state index contributed by atoms with van der Waals surface area (Å²) in [5.41, 5.74) is -1.42. The summed E-state index contributed by atoms with van der Waals surface area (Å²) < 4.78 is 6.19. The summed E-state index contributed by atoms with van der Waals surface area (Å²) in [6.07, 6.45) is 2.90. The first-order valence-electron chi connectivity index (χ1n) is 4.81. The van der Waals surface area contributed by atoms with E-state index in [1.54, 1.807) is 13.1 Å². The number of rotatable bonds is 1. The minimum absolute atomic E-state index is 0.374. The molecule has 0 spiro atoms. The number of esters is 1. The molecular formula is C10H18NO3+. The number of carbonyl (C=O) groups is 1. The van der Waals surface area contributed by atoms with Crippen molar-refractivity contribution in [2.45, 2.75) is 51.7 Å². The molecule has 0 aromatic rings. The smallest absolute Gasteiger partial charge is 0.383 e. The summed E-state index contributed by atoms with van der Waals surface area (Å²) in [6.45, 7) is 7.13. The molecule has 0 aromatic heterocycles. The van der Waals surface area contributed by atoms with Gasteiger partial charge in [-0.1, -0.05) is 0 Å². The van der Waals surface area contributed by atoms with Gasteiger partial charge in [0.15, 0.2) is 6.21 Å². The second kappa shape index (κ2) is 3.26. The predicted octanol–water partition coefficient (Wildman–Crippen LogP) is 1.35. The largest absolute Gasteiger partial charge is 0.455 e. The maximum Gasteiger partial charge on any atom is 0.383 e. The van der Waals surface area contributed by atoms with Gasteiger partial charge >= 0.3 is 11.5 Å². The average molecular weight is 200 g/mol. The topological polar surface area (TPSA) is 49.5 Å². The molecule has 1 aliphatic rings. The predicted molar refractivity (Wildman–Crippen MR) is 51.6 cm³/mol. The van der Waals surface area contributed by atoms with Crippen LogP contribution in [-0.2, 0) is 9.53 Å². The minimum atomic E-state index is -0.909. The Kier molecular flexibility index (Phi) is 2.56. The highest BCUT2D eigenvalue weighted by Gasteiger charge is 2.51. The Balaban J connectivity index is 2.75. The summed E-state index contributed by atoms with van der Waals surface area (Å²) in [5.74, 6) is -0.374. The van der Waals surface area contributed by atoms with Crippen LogP contribution in [0.1, 0.15) is 40.5 Å². The SMILES string of the molecule is CC(C)(C)OC(=O)C1(C)CCC=[N+]1O. The summed E-state index contributed by atoms with van der Waals surface area (Å²) in [6, 6.07) is 0. The van der Waals surface area contributed by atoms with E-state index in [0.717, 1.165) is 4.74 Å². The maximum atomic E-state index is 11.7. The van der Waals surface area contributed by atoms with Crippen LogP contribution in [0.2, 0.25) is 0 Å². The summed E-state index contributed by atoms with van der Waals surface area (Å²) in [5, 5.41) is 9.49. The Labute approximate surface area is 84.1 Å². The summed E-state index contributed by atoms with van der Waals surface area (Å²) in [7, 11) is 0. The van der Waals surface area contributed by atoms with Gasteiger partial charge in [0.2, 0.25) is 0 Å². The van der Waals surface area contributed by atoms with E-state index in [9.17, 15) is 10.0 Å². The van der Waals surface area contributed by atoms with Gasteiger partial charge in [0.25, 0.3) is 0 Å². The van der Waals surface area contributed by atoms with Crippen LogP contribution in [0.15, 0.2) is 0 Å². The third-order valence-electron chi connectivity index (χ3n) is 2.28. The van der Waals surface area contributed by atoms with E-state index in [1.807, 2.05) is 20.8 Å². The first-order chi connectivity index (χ1) is 6.26. The molecule has 0 fully saturated rings. The van der Waals surface area contributed by atoms with Crippen molar-refractivity contribution in [3.63, 3.8) is 0 Å². The average Bonchev–Trinajstić information content (AvgIpc) is 2.30. The van der Waals surface area contributed by atoms with Gasteiger partial charge in [-0.25, -0.2) is 4.79 Å². The zero-order valence-corrected chi connectivity index (χ0v) is 9.20. The fourth-order valence-corrected chi connectivity index (χ4v) is 1.37. The maximum absolute atomic E-state index is 11.7. The molecule has 0 saturated carbocycles. The standard InChI is InChI=1S/C10H18NO3/c1-9(2,3)14-8(12)10(4)6-5-7-11(10)13/h7,13H,5-6H2,1-4H3/q+1. The highest BCUT2D eigenvalue weighted by Crippen LogP contribution is 2.24. The van der Waals surface area contributed by atoms with Crippen molar-refractivity contribution in [2.24, 2.45) is 0 Å². The Morgan fingerprint density at radius 2 is 2.14 bits per heavy atom. The third-order valence-corrected chi connectivity index (χ3v) is 2.28. The van der Waals surface area contributed by atoms with Crippen LogP contribution in [0, 0.1) is 0 Å². The van der Waals surface area contributed by atoms with Gasteiger partial charge < -0.3 is 4.74 Å². The lowest BCUT2D eigenvalue weighted by molar-refractivity contribution is -0.807. The number of nitrogens with zero attached hydrogens (tertiary/aromatic N) is 1. The molecule has 1 unspecified atom stereocenters. The van der Waals surface area contributed by atoms with Crippen LogP contribution < -0.4 is 0 Å². The van der Waals surface area contributed by atoms with E-state index in [0.29, 0.717) is 12.8 Å². The zero-order chi connectivity index (χ0) is 11.0. The Bertz CT molecular complexity index is 278. The molecule has 1 N–H and O–H groups in total. The molecule has 0 amide bonds. The second-order valence-corrected chi connectivity index (χ2v) is 4.84. The fourth-order valence-electron chi connectivity index (χ4n) is 1.37. The Morgan fingerprint density at radius 1 is 1.57 bits per heavy atom. The van der Waals surface area contributed by atoms with Gasteiger partial charge in [-0.3, -0.25) is 5.21 Å². The van der Waals surface area contributed by atoms with E-state index in [-0.39, 0.29) is 5.97 Å². The minimum Gasteiger partial charge on any atom is -0.455 e. The molecule has 4 heteroatoms. The number of hydrogen-bond acceptors (Lipinski definition) is 3. The van der Waals surface area contributed by atoms with Gasteiger partial charge in [0.1, 0.15) is 5.60 Å². The summed E-state index contributed by atoms with van der Waals surface area (Å²) in [4.78, 5) is 11.7. The molecule has 0 saturated heterocycles. The molecule has 0 aliphatic carbocycles. The van der Waals surface area contributed by atoms with E-state index in [4.69, 9.17) is 4.74 Å². The van der Waals surface area contributed by atoms with Crippen LogP contribution in [-0.4, -0.2) is 33.3 Å². The molecule has 4 nitrogen and oxygen atoms in total. The van der Waals surface area contributed by atoms with E-state index < -0.39 is 11.1 Å². The monoisotopic (exact) mass is 200 g/mol. The molecule has 0 aromatic carbocycles. The van der Waals surface area contributed by atoms with Crippen molar-refractivity contribution < 1.29 is 19.5 Å². The van der Waals surface area contributed by atoms with Crippen LogP contribution in [0.3, 0.4) is 0 Å². The van der Waals surface area contributed by atoms with Gasteiger partial charge in [0.05, 0.1) is 0 Å². The normalized spacial score (nSPS) is 27.3. The van der Waals surface area contributed by atoms with E-state index >= 15 is 0 Å². The number of ether oxygens (including phenoxy) is 1. The van der Waals surface area contributed by atoms with Crippen molar-refractivity contribution in [3.05, 3.63) is 0 Å². The number of carbonyl (C=O) groups excluding carboxylic acids is 1. The first kappa shape index (κ1) is 11.0. The molecule has 0 radical (unpaired) electrons. The Morgan fingerprint density at radius 3 is 2.50 bits per heavy atom. The molecule has 80 valence electrons. The van der Waals surface area contributed by atoms with Crippen molar-refractivity contribution in [2.75, 3.05) is 0 Å². The second-order valence-electron chi connectivity index (χ2n) is 4.84. The Hall–Kier alpha value is -1.06. The quantitative estimate of drug-likeness (QED) is 0.395. The summed E-state index contributed by atoms with van der Waals surface area (Å²) >= 11 is 0. The molecule has 1 atom stereocenters. The van der Waals surface area contributed by atoms with Gasteiger partial charge in [-0.2, -0.15) is 0 Å². The molecule has 1 aliphatic heterocycles. The third kappa shape index (κ3) is 2.05. The lowest BCUT2D eigenvalue weighted by Crippen LogP contribution is -2.46. The molecule has 1 heterocycles. The van der Waals surface area contributed by atoms with Crippen molar-refractivity contribution in [1.82, 2.24) is 0 Å². The van der Waals surface area contributed by atoms with Crippen molar-refractivity contribution >= 4 is 12.2 Å². The lowest BCUT2D eigenvalue weighted by Gasteiger charge is -2.23. The molecule has 14 heavy (non-hydrogen) atoms. The van der Waals surface area contributed by atoms with Crippen molar-refractivity contribution in [1.29, 1.82) is 0 Å². The van der Waals surface area contributed by atoms with Gasteiger partial charge in [-0.15, -0.1) is 0 Å². The first-order valence-corrected chi connectivity index (χ1v) is 4.81. The van der Waals surface area contributed by atoms with E-state index in [2.05, 4.69) is 0 Å². The van der Waals surface area contributed by atoms with Crippen LogP contribution in [0.25, 0.3) is 0 Å². The fraction of sp³-hybridized carbons (Fsp3) is 0.800. The van der Waals surface area contributed by atoms with Crippen LogP contribution >= 0.6 is 0 Å². The number of hydrogen-bond donors (Lipinski definition) is 1. The van der Waals surface area contributed by atoms with Crippen LogP contribution in [0.5, 0.6) is 0 Å². The van der Waals surface area contributed by atoms with Crippen LogP contribution in [0.4, 0.5) is 0 Å². The van der Waals surface area contributed by atoms with Gasteiger partial charge in [0, 0.05) is 19.8 Å². The zero-order valence-electron chi connectivity index (χ0n) is 9.20. The number of hydroxylamine groups is 1. The van der Waals surface area contributed by atoms with E-state index in [1.165, 1.54) is 0 Å². The van der Waals surface area contributed by atoms with Gasteiger partial charge in [-0.05, 0) is 25.5 Å². The highest BCUT2D eigenvalue weighted by atomic mass is 16.6. The van der Waals surface area contributed by atoms with Crippen molar-refractivity contribution in [3.8, 4) is 0 Å². The lowest BCUT2D eigenvalue weighted by atomic mass is 9.99. The molecule has 1 rings (SSSR count). The molecular weight excluding hydrogens is 182 g/mol. The molecule has 0 bridgehead atoms.